The molecule has 108 valence electrons. The zero-order valence-corrected chi connectivity index (χ0v) is 14.3. The monoisotopic (exact) mass is 352 g/mol. The summed E-state index contributed by atoms with van der Waals surface area (Å²) in [5, 5.41) is 2.13. The van der Waals surface area contributed by atoms with Crippen molar-refractivity contribution in [3.8, 4) is 0 Å². The van der Waals surface area contributed by atoms with Crippen LogP contribution in [0.3, 0.4) is 0 Å². The summed E-state index contributed by atoms with van der Waals surface area (Å²) in [5.74, 6) is 0. The largest absolute Gasteiger partial charge is 0.326 e. The molecule has 0 aliphatic heterocycles. The topological polar surface area (TPSA) is 29.3 Å². The van der Waals surface area contributed by atoms with E-state index in [9.17, 15) is 0 Å². The summed E-state index contributed by atoms with van der Waals surface area (Å²) in [6.07, 6.45) is 1.08. The predicted octanol–water partition coefficient (Wildman–Crippen LogP) is 4.07. The van der Waals surface area contributed by atoms with Gasteiger partial charge in [-0.2, -0.15) is 0 Å². The molecule has 1 aromatic heterocycles. The molecule has 2 nitrogen and oxygen atoms in total. The van der Waals surface area contributed by atoms with Crippen LogP contribution in [0.15, 0.2) is 46.3 Å². The summed E-state index contributed by atoms with van der Waals surface area (Å²) in [6.45, 7) is 3.09. The summed E-state index contributed by atoms with van der Waals surface area (Å²) < 4.78 is 1.10. The third-order valence-electron chi connectivity index (χ3n) is 3.48. The van der Waals surface area contributed by atoms with Crippen LogP contribution in [0.4, 0.5) is 0 Å². The summed E-state index contributed by atoms with van der Waals surface area (Å²) in [7, 11) is 2.16. The zero-order valence-electron chi connectivity index (χ0n) is 11.9. The maximum absolute atomic E-state index is 6.21. The fourth-order valence-corrected chi connectivity index (χ4v) is 3.46. The van der Waals surface area contributed by atoms with Gasteiger partial charge in [0.15, 0.2) is 0 Å². The highest BCUT2D eigenvalue weighted by Gasteiger charge is 2.20. The predicted molar refractivity (Wildman–Crippen MR) is 91.2 cm³/mol. The first-order valence-electron chi connectivity index (χ1n) is 6.81. The molecule has 0 radical (unpaired) electrons. The zero-order chi connectivity index (χ0) is 14.5. The lowest BCUT2D eigenvalue weighted by Crippen LogP contribution is -2.38. The van der Waals surface area contributed by atoms with Crippen molar-refractivity contribution < 1.29 is 0 Å². The average Bonchev–Trinajstić information content (AvgIpc) is 2.92. The van der Waals surface area contributed by atoms with Gasteiger partial charge in [-0.25, -0.2) is 0 Å². The normalized spacial score (nSPS) is 14.4. The quantitative estimate of drug-likeness (QED) is 0.848. The van der Waals surface area contributed by atoms with Gasteiger partial charge in [0.1, 0.15) is 0 Å². The number of nitrogens with zero attached hydrogens (tertiary/aromatic N) is 1. The summed E-state index contributed by atoms with van der Waals surface area (Å²) in [5.41, 5.74) is 7.48. The molecule has 2 unspecified atom stereocenters. The minimum absolute atomic E-state index is 0.101. The van der Waals surface area contributed by atoms with Crippen LogP contribution in [0.25, 0.3) is 0 Å². The van der Waals surface area contributed by atoms with Gasteiger partial charge in [-0.05, 0) is 49.5 Å². The van der Waals surface area contributed by atoms with Crippen LogP contribution in [-0.2, 0) is 6.42 Å². The number of rotatable bonds is 6. The SMILES string of the molecule is CC(N)C(c1ccc(Br)cc1)N(C)CCc1cccs1. The number of likely N-dealkylation sites (N-methyl/N-ethyl adjacent to an activating group) is 1. The van der Waals surface area contributed by atoms with E-state index in [2.05, 4.69) is 76.6 Å². The van der Waals surface area contributed by atoms with Crippen molar-refractivity contribution in [2.45, 2.75) is 25.4 Å². The minimum atomic E-state index is 0.101. The van der Waals surface area contributed by atoms with Crippen LogP contribution in [0.2, 0.25) is 0 Å². The van der Waals surface area contributed by atoms with Crippen LogP contribution in [0.5, 0.6) is 0 Å². The molecule has 0 amide bonds. The Hall–Kier alpha value is -0.680. The molecule has 0 aliphatic rings. The van der Waals surface area contributed by atoms with E-state index in [1.165, 1.54) is 10.4 Å². The Kier molecular flexibility index (Phi) is 5.78. The Balaban J connectivity index is 2.05. The summed E-state index contributed by atoms with van der Waals surface area (Å²) in [6, 6.07) is 13.1. The fourth-order valence-electron chi connectivity index (χ4n) is 2.50. The molecular formula is C16H21BrN2S. The Bertz CT molecular complexity index is 508. The van der Waals surface area contributed by atoms with Crippen molar-refractivity contribution in [1.29, 1.82) is 0 Å². The summed E-state index contributed by atoms with van der Waals surface area (Å²) in [4.78, 5) is 3.78. The molecule has 2 N–H and O–H groups in total. The first kappa shape index (κ1) is 15.7. The Labute approximate surface area is 133 Å². The number of nitrogens with two attached hydrogens (primary N) is 1. The molecule has 4 heteroatoms. The molecule has 2 rings (SSSR count). The van der Waals surface area contributed by atoms with Crippen molar-refractivity contribution in [3.05, 3.63) is 56.7 Å². The highest BCUT2D eigenvalue weighted by molar-refractivity contribution is 9.10. The number of hydrogen-bond donors (Lipinski definition) is 1. The Morgan fingerprint density at radius 3 is 2.50 bits per heavy atom. The third kappa shape index (κ3) is 4.16. The van der Waals surface area contributed by atoms with Gasteiger partial charge in [0.05, 0.1) is 0 Å². The van der Waals surface area contributed by atoms with Gasteiger partial charge in [0.2, 0.25) is 0 Å². The number of halogens is 1. The Morgan fingerprint density at radius 2 is 1.95 bits per heavy atom. The van der Waals surface area contributed by atoms with Gasteiger partial charge in [-0.15, -0.1) is 11.3 Å². The minimum Gasteiger partial charge on any atom is -0.326 e. The second-order valence-corrected chi connectivity index (χ2v) is 7.11. The first-order valence-corrected chi connectivity index (χ1v) is 8.49. The molecule has 2 aromatic rings. The van der Waals surface area contributed by atoms with Crippen LogP contribution in [-0.4, -0.2) is 24.5 Å². The van der Waals surface area contributed by atoms with Gasteiger partial charge >= 0.3 is 0 Å². The second kappa shape index (κ2) is 7.36. The molecule has 0 fully saturated rings. The number of thiophene rings is 1. The second-order valence-electron chi connectivity index (χ2n) is 5.17. The van der Waals surface area contributed by atoms with Gasteiger partial charge in [0, 0.05) is 28.0 Å². The van der Waals surface area contributed by atoms with Gasteiger partial charge in [0.25, 0.3) is 0 Å². The van der Waals surface area contributed by atoms with Crippen molar-refractivity contribution in [2.24, 2.45) is 5.73 Å². The van der Waals surface area contributed by atoms with Crippen molar-refractivity contribution in [2.75, 3.05) is 13.6 Å². The van der Waals surface area contributed by atoms with E-state index in [0.29, 0.717) is 0 Å². The third-order valence-corrected chi connectivity index (χ3v) is 4.94. The van der Waals surface area contributed by atoms with E-state index in [-0.39, 0.29) is 12.1 Å². The number of hydrogen-bond acceptors (Lipinski definition) is 3. The van der Waals surface area contributed by atoms with E-state index < -0.39 is 0 Å². The smallest absolute Gasteiger partial charge is 0.0493 e. The molecule has 0 bridgehead atoms. The molecular weight excluding hydrogens is 332 g/mol. The molecule has 0 aliphatic carbocycles. The van der Waals surface area contributed by atoms with E-state index in [0.717, 1.165) is 17.4 Å². The lowest BCUT2D eigenvalue weighted by Gasteiger charge is -2.31. The lowest BCUT2D eigenvalue weighted by atomic mass is 9.99. The highest BCUT2D eigenvalue weighted by Crippen LogP contribution is 2.24. The van der Waals surface area contributed by atoms with Crippen LogP contribution in [0, 0.1) is 0 Å². The fraction of sp³-hybridized carbons (Fsp3) is 0.375. The molecule has 1 heterocycles. The molecule has 0 saturated carbocycles. The van der Waals surface area contributed by atoms with Crippen LogP contribution in [0.1, 0.15) is 23.4 Å². The van der Waals surface area contributed by atoms with E-state index in [1.54, 1.807) is 0 Å². The van der Waals surface area contributed by atoms with Crippen LogP contribution >= 0.6 is 27.3 Å². The van der Waals surface area contributed by atoms with E-state index >= 15 is 0 Å². The van der Waals surface area contributed by atoms with Crippen LogP contribution < -0.4 is 5.73 Å². The van der Waals surface area contributed by atoms with Gasteiger partial charge in [-0.1, -0.05) is 34.1 Å². The average molecular weight is 353 g/mol. The maximum atomic E-state index is 6.21. The molecule has 20 heavy (non-hydrogen) atoms. The van der Waals surface area contributed by atoms with E-state index in [4.69, 9.17) is 5.73 Å². The van der Waals surface area contributed by atoms with Crippen molar-refractivity contribution in [1.82, 2.24) is 4.90 Å². The molecule has 0 spiro atoms. The summed E-state index contributed by atoms with van der Waals surface area (Å²) >= 11 is 5.30. The van der Waals surface area contributed by atoms with E-state index in [1.807, 2.05) is 11.3 Å². The Morgan fingerprint density at radius 1 is 1.25 bits per heavy atom. The molecule has 0 saturated heterocycles. The van der Waals surface area contributed by atoms with Gasteiger partial charge in [-0.3, -0.25) is 4.90 Å². The van der Waals surface area contributed by atoms with Gasteiger partial charge < -0.3 is 5.73 Å². The highest BCUT2D eigenvalue weighted by atomic mass is 79.9. The molecule has 1 aromatic carbocycles. The molecule has 2 atom stereocenters. The van der Waals surface area contributed by atoms with Crippen molar-refractivity contribution >= 4 is 27.3 Å². The first-order chi connectivity index (χ1) is 9.58. The standard InChI is InChI=1S/C16H21BrN2S/c1-12(18)16(13-5-7-14(17)8-6-13)19(2)10-9-15-4-3-11-20-15/h3-8,11-12,16H,9-10,18H2,1-2H3. The number of benzene rings is 1. The maximum Gasteiger partial charge on any atom is 0.0493 e. The van der Waals surface area contributed by atoms with Crippen molar-refractivity contribution in [3.63, 3.8) is 0 Å². The lowest BCUT2D eigenvalue weighted by molar-refractivity contribution is 0.222.